The quantitative estimate of drug-likeness (QED) is 0.515. The molecule has 1 aromatic rings. The summed E-state index contributed by atoms with van der Waals surface area (Å²) < 4.78 is 5.85. The average Bonchev–Trinajstić information content (AvgIpc) is 2.26. The molecule has 1 atom stereocenters. The van der Waals surface area contributed by atoms with Crippen molar-refractivity contribution in [2.45, 2.75) is 31.9 Å². The Kier molecular flexibility index (Phi) is 5.57. The lowest BCUT2D eigenvalue weighted by Crippen LogP contribution is -2.04. The molecule has 0 radical (unpaired) electrons. The molecule has 0 aromatic heterocycles. The van der Waals surface area contributed by atoms with E-state index in [1.807, 2.05) is 0 Å². The Hall–Kier alpha value is -0.603. The zero-order valence-corrected chi connectivity index (χ0v) is 11.2. The highest BCUT2D eigenvalue weighted by atomic mass is 28.1. The summed E-state index contributed by atoms with van der Waals surface area (Å²) in [6.07, 6.45) is 2.72. The van der Waals surface area contributed by atoms with E-state index in [0.29, 0.717) is 6.10 Å². The third-order valence-corrected chi connectivity index (χ3v) is 3.10. The molecule has 0 amide bonds. The Morgan fingerprint density at radius 3 is 2.57 bits per heavy atom. The maximum absolute atomic E-state index is 5.85. The van der Waals surface area contributed by atoms with E-state index in [-0.39, 0.29) is 0 Å². The van der Waals surface area contributed by atoms with Crippen molar-refractivity contribution in [3.63, 3.8) is 0 Å². The molecule has 0 spiro atoms. The van der Waals surface area contributed by atoms with Crippen molar-refractivity contribution in [3.05, 3.63) is 35.9 Å². The summed E-state index contributed by atoms with van der Waals surface area (Å²) >= 11 is 0. The molecule has 2 heteroatoms. The number of ether oxygens (including phenoxy) is 1. The smallest absolute Gasteiger partial charge is 0.0793 e. The van der Waals surface area contributed by atoms with Crippen LogP contribution in [0.4, 0.5) is 0 Å². The molecule has 1 aromatic carbocycles. The van der Waals surface area contributed by atoms with E-state index in [1.54, 1.807) is 0 Å². The lowest BCUT2D eigenvalue weighted by atomic mass is 10.1. The predicted octanol–water partition coefficient (Wildman–Crippen LogP) is 2.33. The van der Waals surface area contributed by atoms with E-state index >= 15 is 0 Å². The molecule has 0 aliphatic heterocycles. The Morgan fingerprint density at radius 1 is 1.29 bits per heavy atom. The molecule has 0 heterocycles. The van der Waals surface area contributed by atoms with Crippen molar-refractivity contribution in [1.82, 2.24) is 0 Å². The average molecular weight is 208 g/mol. The van der Waals surface area contributed by atoms with E-state index < -0.39 is 0 Å². The number of hydrogen-bond donors (Lipinski definition) is 0. The molecule has 1 rings (SSSR count). The van der Waals surface area contributed by atoms with Gasteiger partial charge in [-0.3, -0.25) is 0 Å². The molecule has 0 saturated heterocycles. The van der Waals surface area contributed by atoms with Crippen molar-refractivity contribution in [2.75, 3.05) is 6.61 Å². The van der Waals surface area contributed by atoms with E-state index in [4.69, 9.17) is 4.74 Å². The van der Waals surface area contributed by atoms with Gasteiger partial charge >= 0.3 is 0 Å². The molecular formula is C12H20OSi. The first-order chi connectivity index (χ1) is 6.88. The molecule has 1 unspecified atom stereocenters. The highest BCUT2D eigenvalue weighted by Gasteiger charge is 2.07. The summed E-state index contributed by atoms with van der Waals surface area (Å²) in [7, 11) is 1.20. The van der Waals surface area contributed by atoms with Crippen LogP contribution in [0.1, 0.15) is 31.4 Å². The van der Waals surface area contributed by atoms with Crippen LogP contribution in [0.2, 0.25) is 6.04 Å². The topological polar surface area (TPSA) is 9.23 Å². The van der Waals surface area contributed by atoms with Crippen LogP contribution in [0.25, 0.3) is 0 Å². The van der Waals surface area contributed by atoms with Gasteiger partial charge in [0.25, 0.3) is 0 Å². The lowest BCUT2D eigenvalue weighted by Gasteiger charge is -2.16. The zero-order valence-electron chi connectivity index (χ0n) is 9.20. The summed E-state index contributed by atoms with van der Waals surface area (Å²) in [6, 6.07) is 11.7. The number of unbranched alkanes of at least 4 members (excludes halogenated alkanes) is 1. The minimum Gasteiger partial charge on any atom is -0.374 e. The first kappa shape index (κ1) is 11.5. The fraction of sp³-hybridized carbons (Fsp3) is 0.500. The second kappa shape index (κ2) is 6.79. The van der Waals surface area contributed by atoms with E-state index in [0.717, 1.165) is 6.61 Å². The normalized spacial score (nSPS) is 12.9. The Morgan fingerprint density at radius 2 is 2.00 bits per heavy atom. The second-order valence-corrected chi connectivity index (χ2v) is 4.35. The lowest BCUT2D eigenvalue weighted by molar-refractivity contribution is 0.0641. The summed E-state index contributed by atoms with van der Waals surface area (Å²) in [4.78, 5) is 0. The first-order valence-corrected chi connectivity index (χ1v) is 6.96. The fourth-order valence-corrected chi connectivity index (χ4v) is 2.19. The first-order valence-electron chi connectivity index (χ1n) is 5.55. The molecule has 0 aliphatic rings. The number of hydrogen-bond acceptors (Lipinski definition) is 1. The highest BCUT2D eigenvalue weighted by molar-refractivity contribution is 6.08. The molecule has 0 fully saturated rings. The van der Waals surface area contributed by atoms with E-state index in [1.165, 1.54) is 34.7 Å². The van der Waals surface area contributed by atoms with Gasteiger partial charge in [-0.05, 0) is 18.0 Å². The molecule has 78 valence electrons. The van der Waals surface area contributed by atoms with Crippen LogP contribution in [0.3, 0.4) is 0 Å². The molecule has 14 heavy (non-hydrogen) atoms. The van der Waals surface area contributed by atoms with Crippen LogP contribution in [-0.4, -0.2) is 16.8 Å². The summed E-state index contributed by atoms with van der Waals surface area (Å²) in [6.45, 7) is 3.10. The van der Waals surface area contributed by atoms with Crippen molar-refractivity contribution in [1.29, 1.82) is 0 Å². The van der Waals surface area contributed by atoms with Gasteiger partial charge in [-0.15, -0.1) is 0 Å². The molecule has 1 nitrogen and oxygen atoms in total. The van der Waals surface area contributed by atoms with E-state index in [9.17, 15) is 0 Å². The summed E-state index contributed by atoms with van der Waals surface area (Å²) in [5.74, 6) is 0. The maximum atomic E-state index is 5.85. The SMILES string of the molecule is CCCCOC(C[SiH3])c1ccccc1. The Labute approximate surface area is 89.9 Å². The number of rotatable bonds is 6. The predicted molar refractivity (Wildman–Crippen MR) is 64.8 cm³/mol. The van der Waals surface area contributed by atoms with Crippen LogP contribution in [0, 0.1) is 0 Å². The van der Waals surface area contributed by atoms with Gasteiger partial charge in [-0.1, -0.05) is 43.7 Å². The van der Waals surface area contributed by atoms with Crippen molar-refractivity contribution < 1.29 is 4.74 Å². The zero-order chi connectivity index (χ0) is 10.2. The third kappa shape index (κ3) is 3.64. The molecule has 0 aliphatic carbocycles. The van der Waals surface area contributed by atoms with Crippen LogP contribution < -0.4 is 0 Å². The molecule has 0 bridgehead atoms. The number of benzene rings is 1. The van der Waals surface area contributed by atoms with Gasteiger partial charge in [-0.25, -0.2) is 0 Å². The van der Waals surface area contributed by atoms with Gasteiger partial charge in [0.1, 0.15) is 0 Å². The second-order valence-electron chi connectivity index (χ2n) is 3.53. The monoisotopic (exact) mass is 208 g/mol. The van der Waals surface area contributed by atoms with Gasteiger partial charge in [0.05, 0.1) is 6.10 Å². The van der Waals surface area contributed by atoms with E-state index in [2.05, 4.69) is 37.3 Å². The van der Waals surface area contributed by atoms with Gasteiger partial charge < -0.3 is 4.74 Å². The van der Waals surface area contributed by atoms with Gasteiger partial charge in [0, 0.05) is 16.8 Å². The van der Waals surface area contributed by atoms with Gasteiger partial charge in [-0.2, -0.15) is 0 Å². The minimum atomic E-state index is 0.342. The fourth-order valence-electron chi connectivity index (χ4n) is 1.49. The summed E-state index contributed by atoms with van der Waals surface area (Å²) in [5, 5.41) is 0. The molecule has 0 N–H and O–H groups in total. The van der Waals surface area contributed by atoms with Crippen molar-refractivity contribution >= 4 is 10.2 Å². The maximum Gasteiger partial charge on any atom is 0.0793 e. The van der Waals surface area contributed by atoms with Crippen LogP contribution >= 0.6 is 0 Å². The minimum absolute atomic E-state index is 0.342. The van der Waals surface area contributed by atoms with Crippen molar-refractivity contribution in [3.8, 4) is 0 Å². The highest BCUT2D eigenvalue weighted by Crippen LogP contribution is 2.20. The summed E-state index contributed by atoms with van der Waals surface area (Å²) in [5.41, 5.74) is 1.33. The van der Waals surface area contributed by atoms with Crippen LogP contribution in [0.15, 0.2) is 30.3 Å². The molecular weight excluding hydrogens is 188 g/mol. The standard InChI is InChI=1S/C12H20OSi/c1-2-3-9-13-12(10-14)11-7-5-4-6-8-11/h4-8,12H,2-3,9-10H2,1,14H3. The van der Waals surface area contributed by atoms with Gasteiger partial charge in [0.15, 0.2) is 0 Å². The third-order valence-electron chi connectivity index (χ3n) is 2.36. The Balaban J connectivity index is 2.46. The molecule has 0 saturated carbocycles. The Bertz CT molecular complexity index is 235. The van der Waals surface area contributed by atoms with Crippen molar-refractivity contribution in [2.24, 2.45) is 0 Å². The van der Waals surface area contributed by atoms with Gasteiger partial charge in [0.2, 0.25) is 0 Å². The van der Waals surface area contributed by atoms with Crippen LogP contribution in [-0.2, 0) is 4.74 Å². The largest absolute Gasteiger partial charge is 0.374 e. The van der Waals surface area contributed by atoms with Crippen LogP contribution in [0.5, 0.6) is 0 Å².